The number of ether oxygens (including phenoxy) is 2. The zero-order valence-corrected chi connectivity index (χ0v) is 11.6. The fraction of sp³-hybridized carbons (Fsp3) is 0.500. The third-order valence-corrected chi connectivity index (χ3v) is 2.78. The standard InChI is InChI=1S/C12H17BrFNO2/c1-3-15-7-10(8-16-2)17-12-5-4-9(14)6-11(12)13/h4-6,10,15H,3,7-8H2,1-2H3. The highest BCUT2D eigenvalue weighted by molar-refractivity contribution is 9.10. The molecule has 1 aromatic rings. The van der Waals surface area contributed by atoms with Gasteiger partial charge in [-0.1, -0.05) is 6.92 Å². The monoisotopic (exact) mass is 305 g/mol. The molecule has 1 aromatic carbocycles. The smallest absolute Gasteiger partial charge is 0.134 e. The zero-order chi connectivity index (χ0) is 12.7. The van der Waals surface area contributed by atoms with E-state index in [0.29, 0.717) is 23.4 Å². The summed E-state index contributed by atoms with van der Waals surface area (Å²) in [5, 5.41) is 3.19. The summed E-state index contributed by atoms with van der Waals surface area (Å²) in [5.74, 6) is 0.325. The lowest BCUT2D eigenvalue weighted by molar-refractivity contribution is 0.0804. The van der Waals surface area contributed by atoms with Crippen molar-refractivity contribution in [2.75, 3.05) is 26.8 Å². The average molecular weight is 306 g/mol. The summed E-state index contributed by atoms with van der Waals surface area (Å²) in [6.07, 6.45) is -0.0956. The number of nitrogens with one attached hydrogen (secondary N) is 1. The van der Waals surface area contributed by atoms with Gasteiger partial charge in [0, 0.05) is 13.7 Å². The molecule has 0 radical (unpaired) electrons. The number of rotatable bonds is 7. The molecule has 96 valence electrons. The van der Waals surface area contributed by atoms with Gasteiger partial charge in [0.15, 0.2) is 0 Å². The van der Waals surface area contributed by atoms with E-state index in [1.165, 1.54) is 12.1 Å². The first kappa shape index (κ1) is 14.4. The topological polar surface area (TPSA) is 30.5 Å². The SMILES string of the molecule is CCNCC(COC)Oc1ccc(F)cc1Br. The van der Waals surface area contributed by atoms with Gasteiger partial charge in [0.1, 0.15) is 17.7 Å². The minimum Gasteiger partial charge on any atom is -0.486 e. The molecule has 0 aromatic heterocycles. The van der Waals surface area contributed by atoms with Crippen LogP contribution in [0, 0.1) is 5.82 Å². The lowest BCUT2D eigenvalue weighted by Gasteiger charge is -2.19. The van der Waals surface area contributed by atoms with Crippen LogP contribution in [-0.2, 0) is 4.74 Å². The molecule has 0 aliphatic heterocycles. The summed E-state index contributed by atoms with van der Waals surface area (Å²) in [6, 6.07) is 4.36. The van der Waals surface area contributed by atoms with Crippen LogP contribution in [0.15, 0.2) is 22.7 Å². The van der Waals surface area contributed by atoms with Crippen LogP contribution in [-0.4, -0.2) is 32.9 Å². The molecule has 1 unspecified atom stereocenters. The molecule has 0 aliphatic rings. The Morgan fingerprint density at radius 3 is 2.82 bits per heavy atom. The highest BCUT2D eigenvalue weighted by atomic mass is 79.9. The molecule has 0 spiro atoms. The van der Waals surface area contributed by atoms with Gasteiger partial charge in [-0.2, -0.15) is 0 Å². The number of likely N-dealkylation sites (N-methyl/N-ethyl adjacent to an activating group) is 1. The highest BCUT2D eigenvalue weighted by Crippen LogP contribution is 2.26. The summed E-state index contributed by atoms with van der Waals surface area (Å²) in [7, 11) is 1.63. The molecule has 0 fully saturated rings. The van der Waals surface area contributed by atoms with Crippen molar-refractivity contribution in [1.82, 2.24) is 5.32 Å². The second kappa shape index (κ2) is 7.63. The van der Waals surface area contributed by atoms with Gasteiger partial charge in [-0.3, -0.25) is 0 Å². The Labute approximate surface area is 109 Å². The predicted octanol–water partition coefficient (Wildman–Crippen LogP) is 2.59. The number of methoxy groups -OCH3 is 1. The highest BCUT2D eigenvalue weighted by Gasteiger charge is 2.12. The molecule has 0 aliphatic carbocycles. The van der Waals surface area contributed by atoms with E-state index in [-0.39, 0.29) is 11.9 Å². The third-order valence-electron chi connectivity index (χ3n) is 2.16. The number of hydrogen-bond donors (Lipinski definition) is 1. The van der Waals surface area contributed by atoms with E-state index >= 15 is 0 Å². The quantitative estimate of drug-likeness (QED) is 0.840. The summed E-state index contributed by atoms with van der Waals surface area (Å²) in [4.78, 5) is 0. The molecular weight excluding hydrogens is 289 g/mol. The molecule has 0 amide bonds. The second-order valence-corrected chi connectivity index (χ2v) is 4.43. The van der Waals surface area contributed by atoms with Gasteiger partial charge in [-0.15, -0.1) is 0 Å². The third kappa shape index (κ3) is 5.02. The van der Waals surface area contributed by atoms with Gasteiger partial charge in [0.2, 0.25) is 0 Å². The van der Waals surface area contributed by atoms with Gasteiger partial charge < -0.3 is 14.8 Å². The zero-order valence-electron chi connectivity index (χ0n) is 10.0. The van der Waals surface area contributed by atoms with E-state index < -0.39 is 0 Å². The molecule has 1 N–H and O–H groups in total. The molecule has 17 heavy (non-hydrogen) atoms. The lowest BCUT2D eigenvalue weighted by Crippen LogP contribution is -2.34. The fourth-order valence-electron chi connectivity index (χ4n) is 1.38. The largest absolute Gasteiger partial charge is 0.486 e. The Balaban J connectivity index is 2.64. The minimum absolute atomic E-state index is 0.0956. The van der Waals surface area contributed by atoms with Crippen molar-refractivity contribution in [1.29, 1.82) is 0 Å². The van der Waals surface area contributed by atoms with Gasteiger partial charge in [0.25, 0.3) is 0 Å². The van der Waals surface area contributed by atoms with Gasteiger partial charge in [0.05, 0.1) is 11.1 Å². The molecular formula is C12H17BrFNO2. The summed E-state index contributed by atoms with van der Waals surface area (Å²) < 4.78 is 24.3. The van der Waals surface area contributed by atoms with Crippen LogP contribution >= 0.6 is 15.9 Å². The van der Waals surface area contributed by atoms with E-state index in [0.717, 1.165) is 6.54 Å². The van der Waals surface area contributed by atoms with Crippen LogP contribution in [0.5, 0.6) is 5.75 Å². The van der Waals surface area contributed by atoms with Gasteiger partial charge in [-0.05, 0) is 40.7 Å². The summed E-state index contributed by atoms with van der Waals surface area (Å²) >= 11 is 3.27. The molecule has 0 saturated heterocycles. The first-order valence-corrected chi connectivity index (χ1v) is 6.28. The van der Waals surface area contributed by atoms with Crippen LogP contribution in [0.1, 0.15) is 6.92 Å². The molecule has 0 bridgehead atoms. The van der Waals surface area contributed by atoms with Gasteiger partial charge >= 0.3 is 0 Å². The lowest BCUT2D eigenvalue weighted by atomic mass is 10.3. The minimum atomic E-state index is -0.292. The van der Waals surface area contributed by atoms with E-state index in [9.17, 15) is 4.39 Å². The molecule has 1 rings (SSSR count). The van der Waals surface area contributed by atoms with Crippen molar-refractivity contribution in [3.8, 4) is 5.75 Å². The molecule has 0 heterocycles. The van der Waals surface area contributed by atoms with Crippen LogP contribution in [0.2, 0.25) is 0 Å². The van der Waals surface area contributed by atoms with E-state index in [2.05, 4.69) is 21.2 Å². The van der Waals surface area contributed by atoms with Crippen molar-refractivity contribution < 1.29 is 13.9 Å². The molecule has 3 nitrogen and oxygen atoms in total. The fourth-order valence-corrected chi connectivity index (χ4v) is 1.82. The van der Waals surface area contributed by atoms with Gasteiger partial charge in [-0.25, -0.2) is 4.39 Å². The van der Waals surface area contributed by atoms with Crippen LogP contribution in [0.4, 0.5) is 4.39 Å². The van der Waals surface area contributed by atoms with E-state index in [4.69, 9.17) is 9.47 Å². The van der Waals surface area contributed by atoms with Crippen LogP contribution in [0.25, 0.3) is 0 Å². The van der Waals surface area contributed by atoms with Crippen LogP contribution in [0.3, 0.4) is 0 Å². The Morgan fingerprint density at radius 2 is 2.24 bits per heavy atom. The van der Waals surface area contributed by atoms with Crippen molar-refractivity contribution in [3.05, 3.63) is 28.5 Å². The number of halogens is 2. The Hall–Kier alpha value is -0.650. The maximum atomic E-state index is 12.9. The predicted molar refractivity (Wildman–Crippen MR) is 68.9 cm³/mol. The Bertz CT molecular complexity index is 349. The maximum Gasteiger partial charge on any atom is 0.134 e. The first-order valence-electron chi connectivity index (χ1n) is 5.48. The molecule has 1 atom stereocenters. The summed E-state index contributed by atoms with van der Waals surface area (Å²) in [6.45, 7) is 4.07. The molecule has 0 saturated carbocycles. The van der Waals surface area contributed by atoms with Crippen molar-refractivity contribution in [3.63, 3.8) is 0 Å². The van der Waals surface area contributed by atoms with Crippen LogP contribution < -0.4 is 10.1 Å². The normalized spacial score (nSPS) is 12.5. The number of hydrogen-bond acceptors (Lipinski definition) is 3. The number of benzene rings is 1. The van der Waals surface area contributed by atoms with E-state index in [1.807, 2.05) is 6.92 Å². The first-order chi connectivity index (χ1) is 8.17. The van der Waals surface area contributed by atoms with E-state index in [1.54, 1.807) is 13.2 Å². The van der Waals surface area contributed by atoms with Crippen molar-refractivity contribution in [2.45, 2.75) is 13.0 Å². The van der Waals surface area contributed by atoms with Crippen molar-refractivity contribution >= 4 is 15.9 Å². The maximum absolute atomic E-state index is 12.9. The Morgan fingerprint density at radius 1 is 1.47 bits per heavy atom. The Kier molecular flexibility index (Phi) is 6.47. The average Bonchev–Trinajstić information content (AvgIpc) is 2.29. The second-order valence-electron chi connectivity index (χ2n) is 3.58. The van der Waals surface area contributed by atoms with Crippen molar-refractivity contribution in [2.24, 2.45) is 0 Å². The summed E-state index contributed by atoms with van der Waals surface area (Å²) in [5.41, 5.74) is 0. The molecule has 5 heteroatoms.